The normalized spacial score (nSPS) is 10.8. The predicted octanol–water partition coefficient (Wildman–Crippen LogP) is 2.62. The van der Waals surface area contributed by atoms with Crippen molar-refractivity contribution in [2.45, 2.75) is 0 Å². The van der Waals surface area contributed by atoms with E-state index in [9.17, 15) is 4.79 Å². The van der Waals surface area contributed by atoms with Gasteiger partial charge in [0, 0.05) is 25.0 Å². The summed E-state index contributed by atoms with van der Waals surface area (Å²) in [6.45, 7) is 0. The van der Waals surface area contributed by atoms with Crippen LogP contribution < -0.4 is 0 Å². The van der Waals surface area contributed by atoms with Crippen molar-refractivity contribution in [3.63, 3.8) is 0 Å². The Morgan fingerprint density at radius 3 is 2.71 bits per heavy atom. The number of aryl methyl sites for hydroxylation is 1. The molecule has 0 fully saturated rings. The number of hydrogen-bond acceptors (Lipinski definition) is 3. The van der Waals surface area contributed by atoms with Crippen molar-refractivity contribution in [1.82, 2.24) is 19.6 Å². The van der Waals surface area contributed by atoms with Crippen LogP contribution in [0, 0.1) is 0 Å². The van der Waals surface area contributed by atoms with Crippen molar-refractivity contribution in [2.24, 2.45) is 7.05 Å². The van der Waals surface area contributed by atoms with Crippen LogP contribution in [0.2, 0.25) is 5.02 Å². The third kappa shape index (κ3) is 2.41. The highest BCUT2D eigenvalue weighted by Gasteiger charge is 2.14. The minimum Gasteiger partial charge on any atom is -0.476 e. The summed E-state index contributed by atoms with van der Waals surface area (Å²) < 4.78 is 3.18. The second-order valence-corrected chi connectivity index (χ2v) is 4.87. The molecule has 1 aromatic carbocycles. The molecule has 0 radical (unpaired) electrons. The molecule has 3 rings (SSSR count). The average molecular weight is 303 g/mol. The molecule has 3 aromatic rings. The van der Waals surface area contributed by atoms with Crippen molar-refractivity contribution in [1.29, 1.82) is 0 Å². The summed E-state index contributed by atoms with van der Waals surface area (Å²) >= 11 is 6.29. The van der Waals surface area contributed by atoms with Gasteiger partial charge >= 0.3 is 5.97 Å². The van der Waals surface area contributed by atoms with E-state index in [1.165, 1.54) is 10.7 Å². The standard InChI is InChI=1S/C14H11ClN4O2/c1-18-13(8-11(17-18)14(20)21)9-3-4-12(10(15)7-9)19-6-2-5-16-19/h2-8H,1H3,(H,20,21). The van der Waals surface area contributed by atoms with Gasteiger partial charge < -0.3 is 5.11 Å². The maximum absolute atomic E-state index is 11.0. The predicted molar refractivity (Wildman–Crippen MR) is 77.7 cm³/mol. The number of benzene rings is 1. The van der Waals surface area contributed by atoms with E-state index in [0.717, 1.165) is 11.3 Å². The molecule has 0 aliphatic heterocycles. The lowest BCUT2D eigenvalue weighted by atomic mass is 10.1. The smallest absolute Gasteiger partial charge is 0.356 e. The fourth-order valence-electron chi connectivity index (χ4n) is 2.11. The molecule has 0 saturated carbocycles. The van der Waals surface area contributed by atoms with E-state index in [2.05, 4.69) is 10.2 Å². The van der Waals surface area contributed by atoms with Crippen molar-refractivity contribution in [3.05, 3.63) is 53.4 Å². The van der Waals surface area contributed by atoms with Gasteiger partial charge in [0.05, 0.1) is 16.4 Å². The number of carboxylic acid groups (broad SMARTS) is 1. The minimum absolute atomic E-state index is 0.000208. The summed E-state index contributed by atoms with van der Waals surface area (Å²) in [4.78, 5) is 11.0. The number of nitrogens with zero attached hydrogens (tertiary/aromatic N) is 4. The Kier molecular flexibility index (Phi) is 3.23. The van der Waals surface area contributed by atoms with Crippen LogP contribution in [0.1, 0.15) is 10.5 Å². The Labute approximate surface area is 125 Å². The van der Waals surface area contributed by atoms with Gasteiger partial charge in [-0.3, -0.25) is 4.68 Å². The molecule has 1 N–H and O–H groups in total. The summed E-state index contributed by atoms with van der Waals surface area (Å²) in [6.07, 6.45) is 3.47. The number of aromatic nitrogens is 4. The lowest BCUT2D eigenvalue weighted by molar-refractivity contribution is 0.0689. The molecule has 2 aromatic heterocycles. The van der Waals surface area contributed by atoms with Gasteiger partial charge in [0.25, 0.3) is 0 Å². The molecule has 0 atom stereocenters. The highest BCUT2D eigenvalue weighted by atomic mass is 35.5. The molecule has 0 saturated heterocycles. The summed E-state index contributed by atoms with van der Waals surface area (Å²) in [6, 6.07) is 8.77. The summed E-state index contributed by atoms with van der Waals surface area (Å²) in [5.41, 5.74) is 2.23. The van der Waals surface area contributed by atoms with Gasteiger partial charge in [-0.15, -0.1) is 0 Å². The Morgan fingerprint density at radius 2 is 2.14 bits per heavy atom. The molecule has 21 heavy (non-hydrogen) atoms. The van der Waals surface area contributed by atoms with Crippen LogP contribution in [0.25, 0.3) is 16.9 Å². The van der Waals surface area contributed by atoms with Gasteiger partial charge in [-0.25, -0.2) is 9.48 Å². The largest absolute Gasteiger partial charge is 0.476 e. The van der Waals surface area contributed by atoms with Crippen molar-refractivity contribution < 1.29 is 9.90 Å². The molecule has 106 valence electrons. The van der Waals surface area contributed by atoms with Crippen LogP contribution in [0.15, 0.2) is 42.7 Å². The summed E-state index contributed by atoms with van der Waals surface area (Å²) in [5.74, 6) is -1.06. The summed E-state index contributed by atoms with van der Waals surface area (Å²) in [7, 11) is 1.69. The fraction of sp³-hybridized carbons (Fsp3) is 0.0714. The van der Waals surface area contributed by atoms with E-state index >= 15 is 0 Å². The van der Waals surface area contributed by atoms with Crippen LogP contribution in [-0.4, -0.2) is 30.6 Å². The molecule has 0 spiro atoms. The molecular formula is C14H11ClN4O2. The molecule has 0 aliphatic carbocycles. The maximum Gasteiger partial charge on any atom is 0.356 e. The molecular weight excluding hydrogens is 292 g/mol. The monoisotopic (exact) mass is 302 g/mol. The molecule has 0 amide bonds. The van der Waals surface area contributed by atoms with Crippen LogP contribution in [-0.2, 0) is 7.05 Å². The molecule has 0 aliphatic rings. The van der Waals surface area contributed by atoms with Gasteiger partial charge in [0.15, 0.2) is 5.69 Å². The first-order valence-corrected chi connectivity index (χ1v) is 6.51. The minimum atomic E-state index is -1.06. The van der Waals surface area contributed by atoms with Crippen molar-refractivity contribution in [2.75, 3.05) is 0 Å². The van der Waals surface area contributed by atoms with Gasteiger partial charge in [-0.1, -0.05) is 17.7 Å². The number of rotatable bonds is 3. The number of carboxylic acids is 1. The average Bonchev–Trinajstić information content (AvgIpc) is 3.07. The molecule has 6 nitrogen and oxygen atoms in total. The highest BCUT2D eigenvalue weighted by molar-refractivity contribution is 6.32. The highest BCUT2D eigenvalue weighted by Crippen LogP contribution is 2.27. The second kappa shape index (κ2) is 5.06. The quantitative estimate of drug-likeness (QED) is 0.807. The van der Waals surface area contributed by atoms with Crippen molar-refractivity contribution >= 4 is 17.6 Å². The SMILES string of the molecule is Cn1nc(C(=O)O)cc1-c1ccc(-n2cccn2)c(Cl)c1. The Morgan fingerprint density at radius 1 is 1.33 bits per heavy atom. The first-order valence-electron chi connectivity index (χ1n) is 6.13. The van der Waals surface area contributed by atoms with Crippen LogP contribution in [0.3, 0.4) is 0 Å². The zero-order valence-electron chi connectivity index (χ0n) is 11.1. The van der Waals surface area contributed by atoms with E-state index in [1.54, 1.807) is 30.2 Å². The van der Waals surface area contributed by atoms with E-state index < -0.39 is 5.97 Å². The number of hydrogen-bond donors (Lipinski definition) is 1. The third-order valence-corrected chi connectivity index (χ3v) is 3.40. The number of carbonyl (C=O) groups is 1. The second-order valence-electron chi connectivity index (χ2n) is 4.46. The van der Waals surface area contributed by atoms with E-state index in [-0.39, 0.29) is 5.69 Å². The third-order valence-electron chi connectivity index (χ3n) is 3.09. The molecule has 0 bridgehead atoms. The van der Waals surface area contributed by atoms with Gasteiger partial charge in [-0.05, 0) is 24.3 Å². The number of aromatic carboxylic acids is 1. The first kappa shape index (κ1) is 13.4. The molecule has 2 heterocycles. The van der Waals surface area contributed by atoms with Crippen LogP contribution in [0.5, 0.6) is 0 Å². The topological polar surface area (TPSA) is 72.9 Å². The van der Waals surface area contributed by atoms with Gasteiger partial charge in [-0.2, -0.15) is 10.2 Å². The Bertz CT molecular complexity index is 809. The van der Waals surface area contributed by atoms with E-state index in [0.29, 0.717) is 10.7 Å². The van der Waals surface area contributed by atoms with Crippen LogP contribution >= 0.6 is 11.6 Å². The Hall–Kier alpha value is -2.60. The first-order chi connectivity index (χ1) is 10.1. The Balaban J connectivity index is 2.05. The summed E-state index contributed by atoms with van der Waals surface area (Å²) in [5, 5.41) is 17.6. The van der Waals surface area contributed by atoms with Crippen LogP contribution in [0.4, 0.5) is 0 Å². The van der Waals surface area contributed by atoms with E-state index in [1.807, 2.05) is 18.2 Å². The van der Waals surface area contributed by atoms with Gasteiger partial charge in [0.1, 0.15) is 0 Å². The molecule has 7 heteroatoms. The fourth-order valence-corrected chi connectivity index (χ4v) is 2.37. The lowest BCUT2D eigenvalue weighted by Crippen LogP contribution is -1.99. The molecule has 0 unspecified atom stereocenters. The maximum atomic E-state index is 11.0. The van der Waals surface area contributed by atoms with E-state index in [4.69, 9.17) is 16.7 Å². The zero-order chi connectivity index (χ0) is 15.0. The lowest BCUT2D eigenvalue weighted by Gasteiger charge is -2.07. The van der Waals surface area contributed by atoms with Crippen molar-refractivity contribution in [3.8, 4) is 16.9 Å². The zero-order valence-corrected chi connectivity index (χ0v) is 11.8. The number of halogens is 1. The van der Waals surface area contributed by atoms with Gasteiger partial charge in [0.2, 0.25) is 0 Å².